The van der Waals surface area contributed by atoms with Crippen LogP contribution in [0.5, 0.6) is 0 Å². The predicted molar refractivity (Wildman–Crippen MR) is 121 cm³/mol. The Morgan fingerprint density at radius 2 is 2.00 bits per heavy atom. The number of aromatic nitrogens is 2. The summed E-state index contributed by atoms with van der Waals surface area (Å²) in [4.78, 5) is 15.5. The molecule has 2 aliphatic rings. The van der Waals surface area contributed by atoms with Gasteiger partial charge < -0.3 is 16.0 Å². The summed E-state index contributed by atoms with van der Waals surface area (Å²) in [7, 11) is 0. The van der Waals surface area contributed by atoms with E-state index >= 15 is 0 Å². The molecule has 0 bridgehead atoms. The molecule has 6 nitrogen and oxygen atoms in total. The van der Waals surface area contributed by atoms with Crippen LogP contribution < -0.4 is 16.0 Å². The largest absolute Gasteiger partial charge is 0.370 e. The van der Waals surface area contributed by atoms with E-state index < -0.39 is 0 Å². The average Bonchev–Trinajstić information content (AvgIpc) is 3.15. The Hall–Kier alpha value is -1.90. The Morgan fingerprint density at radius 3 is 2.85 bits per heavy atom. The number of benzene rings is 1. The van der Waals surface area contributed by atoms with Crippen LogP contribution in [-0.2, 0) is 12.8 Å². The zero-order chi connectivity index (χ0) is 17.8. The molecule has 0 spiro atoms. The van der Waals surface area contributed by atoms with Crippen molar-refractivity contribution in [3.63, 3.8) is 0 Å². The summed E-state index contributed by atoms with van der Waals surface area (Å²) < 4.78 is 0. The molecule has 144 valence electrons. The number of nitrogens with two attached hydrogens (primary N) is 1. The van der Waals surface area contributed by atoms with E-state index in [1.165, 1.54) is 36.8 Å². The van der Waals surface area contributed by atoms with Gasteiger partial charge in [0, 0.05) is 37.7 Å². The van der Waals surface area contributed by atoms with Gasteiger partial charge in [-0.15, -0.1) is 24.0 Å². The number of anilines is 2. The normalized spacial score (nSPS) is 19.3. The van der Waals surface area contributed by atoms with Crippen molar-refractivity contribution in [3.8, 4) is 0 Å². The molecule has 1 atom stereocenters. The first kappa shape index (κ1) is 19.9. The summed E-state index contributed by atoms with van der Waals surface area (Å²) in [5.41, 5.74) is 10.1. The Kier molecular flexibility index (Phi) is 6.87. The fourth-order valence-electron chi connectivity index (χ4n) is 3.91. The second kappa shape index (κ2) is 9.34. The highest BCUT2D eigenvalue weighted by Crippen LogP contribution is 2.25. The zero-order valence-corrected chi connectivity index (χ0v) is 17.8. The molecule has 1 unspecified atom stereocenters. The van der Waals surface area contributed by atoms with Gasteiger partial charge in [0.1, 0.15) is 0 Å². The quantitative estimate of drug-likeness (QED) is 0.401. The van der Waals surface area contributed by atoms with Crippen molar-refractivity contribution in [1.82, 2.24) is 9.97 Å². The van der Waals surface area contributed by atoms with Gasteiger partial charge in [0.05, 0.1) is 0 Å². The molecule has 2 heterocycles. The maximum absolute atomic E-state index is 6.11. The molecular weight excluding hydrogens is 451 g/mol. The number of halogens is 1. The van der Waals surface area contributed by atoms with Crippen molar-refractivity contribution in [3.05, 3.63) is 47.8 Å². The van der Waals surface area contributed by atoms with E-state index in [0.29, 0.717) is 11.9 Å². The molecule has 3 N–H and O–H groups in total. The van der Waals surface area contributed by atoms with Crippen LogP contribution in [0, 0.1) is 5.92 Å². The summed E-state index contributed by atoms with van der Waals surface area (Å²) >= 11 is 0. The van der Waals surface area contributed by atoms with Crippen LogP contribution in [0.15, 0.2) is 41.7 Å². The van der Waals surface area contributed by atoms with Gasteiger partial charge in [-0.05, 0) is 67.3 Å². The maximum atomic E-state index is 6.11. The van der Waals surface area contributed by atoms with E-state index in [9.17, 15) is 0 Å². The molecule has 1 aromatic carbocycles. The lowest BCUT2D eigenvalue weighted by atomic mass is 9.98. The molecule has 0 radical (unpaired) electrons. The minimum atomic E-state index is 0. The highest BCUT2D eigenvalue weighted by atomic mass is 127. The van der Waals surface area contributed by atoms with Gasteiger partial charge in [0.25, 0.3) is 0 Å². The Morgan fingerprint density at radius 1 is 1.19 bits per heavy atom. The standard InChI is InChI=1S/C20H26N6.HI/c21-19(25-18-8-7-16-5-1-6-17(16)12-18)24-13-15-4-2-11-26(14-15)20-22-9-3-10-23-20;/h3,7-10,12,15H,1-2,4-6,11,13-14H2,(H3,21,24,25);1H. The van der Waals surface area contributed by atoms with Crippen molar-refractivity contribution in [2.45, 2.75) is 32.1 Å². The number of aryl methyl sites for hydroxylation is 2. The number of nitrogens with zero attached hydrogens (tertiary/aromatic N) is 4. The predicted octanol–water partition coefficient (Wildman–Crippen LogP) is 3.23. The van der Waals surface area contributed by atoms with Crippen LogP contribution in [-0.4, -0.2) is 35.6 Å². The van der Waals surface area contributed by atoms with E-state index in [1.807, 2.05) is 6.07 Å². The van der Waals surface area contributed by atoms with Crippen LogP contribution in [0.25, 0.3) is 0 Å². The van der Waals surface area contributed by atoms with E-state index in [1.54, 1.807) is 12.4 Å². The number of guanidine groups is 1. The number of hydrogen-bond acceptors (Lipinski definition) is 4. The van der Waals surface area contributed by atoms with E-state index in [4.69, 9.17) is 5.73 Å². The molecule has 1 saturated heterocycles. The molecule has 1 aliphatic carbocycles. The molecule has 1 fully saturated rings. The second-order valence-electron chi connectivity index (χ2n) is 7.19. The number of aliphatic imine (C=N–C) groups is 1. The molecule has 2 aromatic rings. The second-order valence-corrected chi connectivity index (χ2v) is 7.19. The molecule has 0 saturated carbocycles. The SMILES string of the molecule is I.NC(=NCC1CCCN(c2ncccn2)C1)Nc1ccc2c(c1)CCC2. The molecule has 4 rings (SSSR count). The molecule has 7 heteroatoms. The highest BCUT2D eigenvalue weighted by molar-refractivity contribution is 14.0. The summed E-state index contributed by atoms with van der Waals surface area (Å²) in [6.07, 6.45) is 9.51. The Bertz CT molecular complexity index is 779. The topological polar surface area (TPSA) is 79.4 Å². The summed E-state index contributed by atoms with van der Waals surface area (Å²) in [5.74, 6) is 1.79. The van der Waals surface area contributed by atoms with Crippen LogP contribution in [0.2, 0.25) is 0 Å². The first-order chi connectivity index (χ1) is 12.8. The fraction of sp³-hybridized carbons (Fsp3) is 0.450. The lowest BCUT2D eigenvalue weighted by Gasteiger charge is -2.31. The van der Waals surface area contributed by atoms with Gasteiger partial charge in [-0.1, -0.05) is 6.07 Å². The van der Waals surface area contributed by atoms with Crippen molar-refractivity contribution < 1.29 is 0 Å². The first-order valence-electron chi connectivity index (χ1n) is 9.48. The lowest BCUT2D eigenvalue weighted by Crippen LogP contribution is -2.38. The van der Waals surface area contributed by atoms with Gasteiger partial charge in [-0.2, -0.15) is 0 Å². The lowest BCUT2D eigenvalue weighted by molar-refractivity contribution is 0.420. The minimum absolute atomic E-state index is 0. The molecule has 27 heavy (non-hydrogen) atoms. The number of piperidine rings is 1. The minimum Gasteiger partial charge on any atom is -0.370 e. The van der Waals surface area contributed by atoms with Crippen LogP contribution >= 0.6 is 24.0 Å². The number of hydrogen-bond donors (Lipinski definition) is 2. The monoisotopic (exact) mass is 478 g/mol. The van der Waals surface area contributed by atoms with Crippen molar-refractivity contribution in [2.75, 3.05) is 29.9 Å². The molecular formula is C20H27IN6. The highest BCUT2D eigenvalue weighted by Gasteiger charge is 2.21. The summed E-state index contributed by atoms with van der Waals surface area (Å²) in [6, 6.07) is 8.36. The third-order valence-electron chi connectivity index (χ3n) is 5.24. The molecule has 0 amide bonds. The van der Waals surface area contributed by atoms with Gasteiger partial charge in [-0.25, -0.2) is 9.97 Å². The van der Waals surface area contributed by atoms with Crippen LogP contribution in [0.1, 0.15) is 30.4 Å². The number of fused-ring (bicyclic) bond motifs is 1. The van der Waals surface area contributed by atoms with E-state index in [2.05, 4.69) is 43.4 Å². The fourth-order valence-corrected chi connectivity index (χ4v) is 3.91. The number of rotatable bonds is 4. The van der Waals surface area contributed by atoms with E-state index in [-0.39, 0.29) is 24.0 Å². The van der Waals surface area contributed by atoms with Gasteiger partial charge >= 0.3 is 0 Å². The van der Waals surface area contributed by atoms with Gasteiger partial charge in [0.2, 0.25) is 5.95 Å². The number of nitrogens with one attached hydrogen (secondary N) is 1. The summed E-state index contributed by atoms with van der Waals surface area (Å²) in [6.45, 7) is 2.67. The van der Waals surface area contributed by atoms with Gasteiger partial charge in [-0.3, -0.25) is 4.99 Å². The van der Waals surface area contributed by atoms with Crippen LogP contribution in [0.3, 0.4) is 0 Å². The smallest absolute Gasteiger partial charge is 0.225 e. The Balaban J connectivity index is 0.00000210. The maximum Gasteiger partial charge on any atom is 0.225 e. The average molecular weight is 478 g/mol. The third kappa shape index (κ3) is 5.09. The zero-order valence-electron chi connectivity index (χ0n) is 15.5. The third-order valence-corrected chi connectivity index (χ3v) is 5.24. The van der Waals surface area contributed by atoms with Crippen molar-refractivity contribution in [1.29, 1.82) is 0 Å². The first-order valence-corrected chi connectivity index (χ1v) is 9.48. The Labute approximate surface area is 177 Å². The van der Waals surface area contributed by atoms with Gasteiger partial charge in [0.15, 0.2) is 5.96 Å². The van der Waals surface area contributed by atoms with E-state index in [0.717, 1.165) is 37.7 Å². The van der Waals surface area contributed by atoms with Crippen molar-refractivity contribution in [2.24, 2.45) is 16.6 Å². The summed E-state index contributed by atoms with van der Waals surface area (Å²) in [5, 5.41) is 3.24. The van der Waals surface area contributed by atoms with Crippen molar-refractivity contribution >= 4 is 41.6 Å². The molecule has 1 aromatic heterocycles. The van der Waals surface area contributed by atoms with Crippen LogP contribution in [0.4, 0.5) is 11.6 Å². The molecule has 1 aliphatic heterocycles.